The van der Waals surface area contributed by atoms with Crippen LogP contribution >= 0.6 is 0 Å². The molecule has 0 spiro atoms. The molecule has 1 atom stereocenters. The first-order valence-corrected chi connectivity index (χ1v) is 5.72. The first-order valence-electron chi connectivity index (χ1n) is 5.72. The molecule has 1 unspecified atom stereocenters. The van der Waals surface area contributed by atoms with E-state index in [4.69, 9.17) is 4.74 Å². The highest BCUT2D eigenvalue weighted by atomic mass is 16.5. The fourth-order valence-corrected chi connectivity index (χ4v) is 1.77. The molecular weight excluding hydrogens is 190 g/mol. The van der Waals surface area contributed by atoms with Gasteiger partial charge in [0.2, 0.25) is 0 Å². The van der Waals surface area contributed by atoms with E-state index >= 15 is 0 Å². The molecule has 2 rings (SSSR count). The van der Waals surface area contributed by atoms with Crippen LogP contribution in [0.3, 0.4) is 0 Å². The minimum atomic E-state index is -0.252. The van der Waals surface area contributed by atoms with E-state index in [1.165, 1.54) is 12.8 Å². The summed E-state index contributed by atoms with van der Waals surface area (Å²) >= 11 is 0. The summed E-state index contributed by atoms with van der Waals surface area (Å²) in [5, 5.41) is 9.90. The van der Waals surface area contributed by atoms with Crippen LogP contribution in [0, 0.1) is 5.92 Å². The second-order valence-electron chi connectivity index (χ2n) is 4.16. The van der Waals surface area contributed by atoms with Crippen LogP contribution in [-0.2, 0) is 11.3 Å². The average Bonchev–Trinajstić information content (AvgIpc) is 2.98. The van der Waals surface area contributed by atoms with Gasteiger partial charge in [0.15, 0.2) is 0 Å². The van der Waals surface area contributed by atoms with Crippen molar-refractivity contribution < 1.29 is 9.84 Å². The van der Waals surface area contributed by atoms with E-state index in [0.29, 0.717) is 5.92 Å². The Kier molecular flexibility index (Phi) is 3.44. The molecule has 1 N–H and O–H groups in total. The van der Waals surface area contributed by atoms with Crippen molar-refractivity contribution >= 4 is 0 Å². The van der Waals surface area contributed by atoms with Crippen molar-refractivity contribution in [1.29, 1.82) is 0 Å². The van der Waals surface area contributed by atoms with Crippen LogP contribution in [0.1, 0.15) is 31.4 Å². The zero-order valence-electron chi connectivity index (χ0n) is 9.22. The van der Waals surface area contributed by atoms with Gasteiger partial charge in [-0.15, -0.1) is 0 Å². The van der Waals surface area contributed by atoms with Crippen molar-refractivity contribution in [2.75, 3.05) is 13.2 Å². The second kappa shape index (κ2) is 4.81. The molecule has 3 nitrogen and oxygen atoms in total. The third-order valence-electron chi connectivity index (χ3n) is 2.88. The Morgan fingerprint density at radius 2 is 2.40 bits per heavy atom. The fourth-order valence-electron chi connectivity index (χ4n) is 1.77. The molecule has 3 heteroatoms. The van der Waals surface area contributed by atoms with Gasteiger partial charge in [0.25, 0.3) is 0 Å². The highest BCUT2D eigenvalue weighted by Gasteiger charge is 2.30. The summed E-state index contributed by atoms with van der Waals surface area (Å²) in [5.41, 5.74) is 1.05. The predicted octanol–water partition coefficient (Wildman–Crippen LogP) is 1.97. The van der Waals surface area contributed by atoms with E-state index in [-0.39, 0.29) is 6.10 Å². The van der Waals surface area contributed by atoms with Crippen LogP contribution in [0.2, 0.25) is 0 Å². The molecule has 0 amide bonds. The Hall–Kier alpha value is -0.800. The SMILES string of the molecule is CCOCCn1ccc(C(O)C2CC2)c1. The van der Waals surface area contributed by atoms with Gasteiger partial charge < -0.3 is 14.4 Å². The Bertz CT molecular complexity index is 304. The largest absolute Gasteiger partial charge is 0.388 e. The zero-order valence-corrected chi connectivity index (χ0v) is 9.22. The molecule has 1 heterocycles. The summed E-state index contributed by atoms with van der Waals surface area (Å²) in [7, 11) is 0. The van der Waals surface area contributed by atoms with Crippen LogP contribution in [0.25, 0.3) is 0 Å². The van der Waals surface area contributed by atoms with E-state index in [0.717, 1.165) is 25.3 Å². The normalized spacial score (nSPS) is 18.0. The molecule has 1 saturated carbocycles. The number of aromatic nitrogens is 1. The van der Waals surface area contributed by atoms with E-state index in [1.54, 1.807) is 0 Å². The van der Waals surface area contributed by atoms with Gasteiger partial charge >= 0.3 is 0 Å². The highest BCUT2D eigenvalue weighted by molar-refractivity contribution is 5.16. The van der Waals surface area contributed by atoms with Crippen molar-refractivity contribution in [1.82, 2.24) is 4.57 Å². The number of hydrogen-bond donors (Lipinski definition) is 1. The third kappa shape index (κ3) is 2.83. The number of ether oxygens (including phenoxy) is 1. The summed E-state index contributed by atoms with van der Waals surface area (Å²) in [6.07, 6.45) is 6.14. The minimum absolute atomic E-state index is 0.252. The van der Waals surface area contributed by atoms with Crippen LogP contribution in [0.4, 0.5) is 0 Å². The van der Waals surface area contributed by atoms with Crippen LogP contribution in [0.15, 0.2) is 18.5 Å². The van der Waals surface area contributed by atoms with Gasteiger partial charge in [0.1, 0.15) is 0 Å². The fraction of sp³-hybridized carbons (Fsp3) is 0.667. The van der Waals surface area contributed by atoms with Crippen molar-refractivity contribution in [3.05, 3.63) is 24.0 Å². The van der Waals surface area contributed by atoms with E-state index in [9.17, 15) is 5.11 Å². The molecule has 1 aromatic rings. The lowest BCUT2D eigenvalue weighted by molar-refractivity contribution is 0.138. The molecule has 1 fully saturated rings. The first kappa shape index (κ1) is 10.7. The number of aliphatic hydroxyl groups is 1. The van der Waals surface area contributed by atoms with Gasteiger partial charge in [-0.2, -0.15) is 0 Å². The monoisotopic (exact) mass is 209 g/mol. The van der Waals surface area contributed by atoms with Gasteiger partial charge in [-0.3, -0.25) is 0 Å². The summed E-state index contributed by atoms with van der Waals surface area (Å²) in [5.74, 6) is 0.507. The number of aliphatic hydroxyl groups excluding tert-OH is 1. The maximum absolute atomic E-state index is 9.90. The number of rotatable bonds is 6. The van der Waals surface area contributed by atoms with Crippen molar-refractivity contribution in [2.24, 2.45) is 5.92 Å². The minimum Gasteiger partial charge on any atom is -0.388 e. The summed E-state index contributed by atoms with van der Waals surface area (Å²) in [6, 6.07) is 2.01. The molecule has 1 aliphatic rings. The predicted molar refractivity (Wildman–Crippen MR) is 58.6 cm³/mol. The molecule has 1 aliphatic carbocycles. The molecule has 15 heavy (non-hydrogen) atoms. The Balaban J connectivity index is 1.85. The van der Waals surface area contributed by atoms with Gasteiger partial charge in [-0.1, -0.05) is 0 Å². The quantitative estimate of drug-likeness (QED) is 0.727. The van der Waals surface area contributed by atoms with E-state index in [2.05, 4.69) is 4.57 Å². The maximum Gasteiger partial charge on any atom is 0.0832 e. The lowest BCUT2D eigenvalue weighted by Crippen LogP contribution is -2.04. The third-order valence-corrected chi connectivity index (χ3v) is 2.88. The molecule has 84 valence electrons. The number of hydrogen-bond acceptors (Lipinski definition) is 2. The molecular formula is C12H19NO2. The lowest BCUT2D eigenvalue weighted by atomic mass is 10.1. The lowest BCUT2D eigenvalue weighted by Gasteiger charge is -2.06. The molecule has 0 bridgehead atoms. The second-order valence-corrected chi connectivity index (χ2v) is 4.16. The molecule has 0 radical (unpaired) electrons. The summed E-state index contributed by atoms with van der Waals surface area (Å²) in [6.45, 7) is 4.37. The molecule has 1 aromatic heterocycles. The Morgan fingerprint density at radius 1 is 1.60 bits per heavy atom. The standard InChI is InChI=1S/C12H19NO2/c1-2-15-8-7-13-6-5-11(9-13)12(14)10-3-4-10/h5-6,9-10,12,14H,2-4,7-8H2,1H3. The Morgan fingerprint density at radius 3 is 3.07 bits per heavy atom. The summed E-state index contributed by atoms with van der Waals surface area (Å²) in [4.78, 5) is 0. The van der Waals surface area contributed by atoms with E-state index in [1.807, 2.05) is 25.4 Å². The van der Waals surface area contributed by atoms with Gasteiger partial charge in [-0.05, 0) is 37.3 Å². The molecule has 0 saturated heterocycles. The molecule has 0 aromatic carbocycles. The van der Waals surface area contributed by atoms with Crippen LogP contribution in [-0.4, -0.2) is 22.9 Å². The maximum atomic E-state index is 9.90. The number of nitrogens with zero attached hydrogens (tertiary/aromatic N) is 1. The molecule has 0 aliphatic heterocycles. The Labute approximate surface area is 90.7 Å². The van der Waals surface area contributed by atoms with Gasteiger partial charge in [0, 0.05) is 25.5 Å². The highest BCUT2D eigenvalue weighted by Crippen LogP contribution is 2.40. The van der Waals surface area contributed by atoms with Crippen molar-refractivity contribution in [3.8, 4) is 0 Å². The smallest absolute Gasteiger partial charge is 0.0832 e. The van der Waals surface area contributed by atoms with Crippen LogP contribution < -0.4 is 0 Å². The van der Waals surface area contributed by atoms with Crippen molar-refractivity contribution in [3.63, 3.8) is 0 Å². The first-order chi connectivity index (χ1) is 7.31. The van der Waals surface area contributed by atoms with E-state index < -0.39 is 0 Å². The van der Waals surface area contributed by atoms with Crippen molar-refractivity contribution in [2.45, 2.75) is 32.4 Å². The van der Waals surface area contributed by atoms with Gasteiger partial charge in [-0.25, -0.2) is 0 Å². The summed E-state index contributed by atoms with van der Waals surface area (Å²) < 4.78 is 7.36. The van der Waals surface area contributed by atoms with Crippen LogP contribution in [0.5, 0.6) is 0 Å². The average molecular weight is 209 g/mol. The van der Waals surface area contributed by atoms with Gasteiger partial charge in [0.05, 0.1) is 12.7 Å². The topological polar surface area (TPSA) is 34.4 Å². The zero-order chi connectivity index (χ0) is 10.7.